The van der Waals surface area contributed by atoms with E-state index in [2.05, 4.69) is 64.0 Å². The average molecular weight is 397 g/mol. The normalized spacial score (nSPS) is 10.5. The van der Waals surface area contributed by atoms with Crippen molar-refractivity contribution in [2.45, 2.75) is 20.1 Å². The Morgan fingerprint density at radius 3 is 2.44 bits per heavy atom. The first-order valence-electron chi connectivity index (χ1n) is 8.21. The van der Waals surface area contributed by atoms with E-state index in [-0.39, 0.29) is 0 Å². The van der Waals surface area contributed by atoms with Gasteiger partial charge in [-0.05, 0) is 42.8 Å². The van der Waals surface area contributed by atoms with Gasteiger partial charge in [-0.15, -0.1) is 0 Å². The first-order valence-corrected chi connectivity index (χ1v) is 9.01. The lowest BCUT2D eigenvalue weighted by Gasteiger charge is -2.14. The molecule has 0 aromatic heterocycles. The summed E-state index contributed by atoms with van der Waals surface area (Å²) in [4.78, 5) is 0. The van der Waals surface area contributed by atoms with Crippen LogP contribution in [0.4, 0.5) is 5.69 Å². The molecule has 0 aliphatic carbocycles. The summed E-state index contributed by atoms with van der Waals surface area (Å²) in [5.74, 6) is 0.881. The van der Waals surface area contributed by atoms with Gasteiger partial charge in [-0.2, -0.15) is 0 Å². The third-order valence-electron chi connectivity index (χ3n) is 3.82. The highest BCUT2D eigenvalue weighted by molar-refractivity contribution is 9.10. The summed E-state index contributed by atoms with van der Waals surface area (Å²) in [5.41, 5.74) is 11.0. The number of hydrogen-bond donors (Lipinski definition) is 2. The van der Waals surface area contributed by atoms with Gasteiger partial charge in [-0.1, -0.05) is 64.0 Å². The molecule has 0 unspecified atom stereocenters. The topological polar surface area (TPSA) is 33.3 Å². The standard InChI is InChI=1S/C21H21BrN2O/c1-16-7-9-17(10-8-16)15-25-21-12-11-19(22)13-18(21)14-23-24-20-5-3-2-4-6-20/h2-13,23-24H,14-15H2,1H3. The van der Waals surface area contributed by atoms with Gasteiger partial charge in [-0.25, -0.2) is 5.43 Å². The van der Waals surface area contributed by atoms with Crippen molar-refractivity contribution in [1.82, 2.24) is 5.43 Å². The van der Waals surface area contributed by atoms with Gasteiger partial charge in [0, 0.05) is 22.3 Å². The molecule has 0 spiro atoms. The van der Waals surface area contributed by atoms with Gasteiger partial charge in [0.05, 0.1) is 0 Å². The van der Waals surface area contributed by atoms with Crippen molar-refractivity contribution in [2.75, 3.05) is 5.43 Å². The summed E-state index contributed by atoms with van der Waals surface area (Å²) in [5, 5.41) is 0. The van der Waals surface area contributed by atoms with Crippen LogP contribution in [-0.4, -0.2) is 0 Å². The van der Waals surface area contributed by atoms with E-state index < -0.39 is 0 Å². The molecule has 0 aliphatic rings. The summed E-state index contributed by atoms with van der Waals surface area (Å²) in [6.07, 6.45) is 0. The fraction of sp³-hybridized carbons (Fsp3) is 0.143. The van der Waals surface area contributed by atoms with Crippen LogP contribution in [0.2, 0.25) is 0 Å². The Labute approximate surface area is 157 Å². The molecule has 128 valence electrons. The molecule has 3 aromatic carbocycles. The summed E-state index contributed by atoms with van der Waals surface area (Å²) in [7, 11) is 0. The number of hydrazine groups is 1. The van der Waals surface area contributed by atoms with E-state index in [4.69, 9.17) is 4.74 Å². The van der Waals surface area contributed by atoms with Gasteiger partial charge in [0.15, 0.2) is 0 Å². The zero-order valence-electron chi connectivity index (χ0n) is 14.1. The van der Waals surface area contributed by atoms with Crippen LogP contribution in [0.25, 0.3) is 0 Å². The van der Waals surface area contributed by atoms with Gasteiger partial charge in [0.2, 0.25) is 0 Å². The zero-order valence-corrected chi connectivity index (χ0v) is 15.7. The van der Waals surface area contributed by atoms with Crippen LogP contribution in [0.1, 0.15) is 16.7 Å². The van der Waals surface area contributed by atoms with Crippen molar-refractivity contribution in [2.24, 2.45) is 0 Å². The fourth-order valence-electron chi connectivity index (χ4n) is 2.44. The molecule has 3 nitrogen and oxygen atoms in total. The molecular weight excluding hydrogens is 376 g/mol. The third-order valence-corrected chi connectivity index (χ3v) is 4.32. The minimum atomic E-state index is 0.557. The van der Waals surface area contributed by atoms with Crippen molar-refractivity contribution < 1.29 is 4.74 Å². The molecule has 0 heterocycles. The third kappa shape index (κ3) is 5.34. The van der Waals surface area contributed by atoms with Crippen molar-refractivity contribution in [1.29, 1.82) is 0 Å². The van der Waals surface area contributed by atoms with E-state index in [0.29, 0.717) is 13.2 Å². The second kappa shape index (κ2) is 8.70. The predicted molar refractivity (Wildman–Crippen MR) is 107 cm³/mol. The zero-order chi connectivity index (χ0) is 17.5. The Balaban J connectivity index is 1.62. The minimum Gasteiger partial charge on any atom is -0.489 e. The second-order valence-electron chi connectivity index (χ2n) is 5.87. The number of halogens is 1. The average Bonchev–Trinajstić information content (AvgIpc) is 2.63. The van der Waals surface area contributed by atoms with E-state index in [9.17, 15) is 0 Å². The van der Waals surface area contributed by atoms with E-state index in [0.717, 1.165) is 27.0 Å². The smallest absolute Gasteiger partial charge is 0.124 e. The molecule has 0 amide bonds. The summed E-state index contributed by atoms with van der Waals surface area (Å²) < 4.78 is 7.07. The highest BCUT2D eigenvalue weighted by Crippen LogP contribution is 2.24. The molecule has 0 saturated heterocycles. The van der Waals surface area contributed by atoms with Crippen molar-refractivity contribution in [3.63, 3.8) is 0 Å². The molecular formula is C21H21BrN2O. The van der Waals surface area contributed by atoms with Crippen LogP contribution in [0.15, 0.2) is 77.3 Å². The monoisotopic (exact) mass is 396 g/mol. The van der Waals surface area contributed by atoms with E-state index in [1.165, 1.54) is 5.56 Å². The largest absolute Gasteiger partial charge is 0.489 e. The molecule has 0 radical (unpaired) electrons. The number of hydrogen-bond acceptors (Lipinski definition) is 3. The number of para-hydroxylation sites is 1. The summed E-state index contributed by atoms with van der Waals surface area (Å²) >= 11 is 3.53. The molecule has 2 N–H and O–H groups in total. The number of benzene rings is 3. The predicted octanol–water partition coefficient (Wildman–Crippen LogP) is 5.45. The quantitative estimate of drug-likeness (QED) is 0.520. The van der Waals surface area contributed by atoms with Gasteiger partial charge in [0.1, 0.15) is 12.4 Å². The number of anilines is 1. The lowest BCUT2D eigenvalue weighted by atomic mass is 10.1. The summed E-state index contributed by atoms with van der Waals surface area (Å²) in [6.45, 7) is 3.29. The van der Waals surface area contributed by atoms with Crippen LogP contribution in [-0.2, 0) is 13.2 Å². The minimum absolute atomic E-state index is 0.557. The number of ether oxygens (including phenoxy) is 1. The van der Waals surface area contributed by atoms with Crippen molar-refractivity contribution in [3.05, 3.63) is 94.0 Å². The molecule has 3 rings (SSSR count). The molecule has 4 heteroatoms. The molecule has 25 heavy (non-hydrogen) atoms. The highest BCUT2D eigenvalue weighted by atomic mass is 79.9. The first-order chi connectivity index (χ1) is 12.2. The van der Waals surface area contributed by atoms with Crippen LogP contribution in [0, 0.1) is 6.92 Å². The van der Waals surface area contributed by atoms with Crippen molar-refractivity contribution in [3.8, 4) is 5.75 Å². The lowest BCUT2D eigenvalue weighted by Crippen LogP contribution is -2.21. The maximum absolute atomic E-state index is 6.03. The van der Waals surface area contributed by atoms with E-state index in [1.807, 2.05) is 42.5 Å². The van der Waals surface area contributed by atoms with E-state index >= 15 is 0 Å². The molecule has 0 aliphatic heterocycles. The SMILES string of the molecule is Cc1ccc(COc2ccc(Br)cc2CNNc2ccccc2)cc1. The Bertz CT molecular complexity index is 804. The van der Waals surface area contributed by atoms with Gasteiger partial charge < -0.3 is 10.2 Å². The molecule has 3 aromatic rings. The lowest BCUT2D eigenvalue weighted by molar-refractivity contribution is 0.302. The van der Waals surface area contributed by atoms with Crippen LogP contribution < -0.4 is 15.6 Å². The van der Waals surface area contributed by atoms with Crippen LogP contribution in [0.3, 0.4) is 0 Å². The number of rotatable bonds is 7. The number of nitrogens with one attached hydrogen (secondary N) is 2. The Hall–Kier alpha value is -2.30. The Kier molecular flexibility index (Phi) is 6.09. The van der Waals surface area contributed by atoms with Crippen LogP contribution in [0.5, 0.6) is 5.75 Å². The first kappa shape index (κ1) is 17.5. The maximum Gasteiger partial charge on any atom is 0.124 e. The van der Waals surface area contributed by atoms with Crippen molar-refractivity contribution >= 4 is 21.6 Å². The number of aryl methyl sites for hydroxylation is 1. The Morgan fingerprint density at radius 1 is 0.920 bits per heavy atom. The molecule has 0 atom stereocenters. The van der Waals surface area contributed by atoms with Crippen LogP contribution >= 0.6 is 15.9 Å². The van der Waals surface area contributed by atoms with Gasteiger partial charge >= 0.3 is 0 Å². The summed E-state index contributed by atoms with van der Waals surface area (Å²) in [6, 6.07) is 24.5. The molecule has 0 bridgehead atoms. The second-order valence-corrected chi connectivity index (χ2v) is 6.79. The fourth-order valence-corrected chi connectivity index (χ4v) is 2.84. The van der Waals surface area contributed by atoms with Gasteiger partial charge in [0.25, 0.3) is 0 Å². The van der Waals surface area contributed by atoms with E-state index in [1.54, 1.807) is 0 Å². The molecule has 0 saturated carbocycles. The highest BCUT2D eigenvalue weighted by Gasteiger charge is 2.05. The molecule has 0 fully saturated rings. The van der Waals surface area contributed by atoms with Gasteiger partial charge in [-0.3, -0.25) is 0 Å². The maximum atomic E-state index is 6.03. The Morgan fingerprint density at radius 2 is 1.68 bits per heavy atom.